The van der Waals surface area contributed by atoms with E-state index in [9.17, 15) is 14.7 Å². The molecule has 0 radical (unpaired) electrons. The molecule has 0 aliphatic heterocycles. The molecule has 0 saturated carbocycles. The molecule has 4 aromatic rings. The van der Waals surface area contributed by atoms with Gasteiger partial charge in [0, 0.05) is 16.7 Å². The minimum absolute atomic E-state index is 0.0204. The van der Waals surface area contributed by atoms with Crippen LogP contribution in [0.5, 0.6) is 5.75 Å². The first-order valence-electron chi connectivity index (χ1n) is 11.8. The molecule has 0 spiro atoms. The van der Waals surface area contributed by atoms with Gasteiger partial charge in [-0.25, -0.2) is 0 Å². The summed E-state index contributed by atoms with van der Waals surface area (Å²) in [5.41, 5.74) is 3.30. The molecule has 5 rings (SSSR count). The number of thiophene rings is 1. The average molecular weight is 486 g/mol. The number of anilines is 1. The SMILES string of the molecule is CC(C)C(=O)Nc1cc2c(cc1OCc1cccc3ccccc13)C(C(=O)O)CC2c1cccs1. The molecular weight excluding hydrogens is 458 g/mol. The van der Waals surface area contributed by atoms with Crippen molar-refractivity contribution >= 4 is 39.7 Å². The number of carboxylic acid groups (broad SMARTS) is 1. The van der Waals surface area contributed by atoms with Gasteiger partial charge in [0.15, 0.2) is 0 Å². The Morgan fingerprint density at radius 3 is 2.60 bits per heavy atom. The number of ether oxygens (including phenoxy) is 1. The number of carboxylic acids is 1. The van der Waals surface area contributed by atoms with Gasteiger partial charge >= 0.3 is 5.97 Å². The highest BCUT2D eigenvalue weighted by molar-refractivity contribution is 7.10. The van der Waals surface area contributed by atoms with Crippen molar-refractivity contribution in [1.82, 2.24) is 0 Å². The summed E-state index contributed by atoms with van der Waals surface area (Å²) in [7, 11) is 0. The van der Waals surface area contributed by atoms with E-state index in [1.165, 1.54) is 0 Å². The maximum atomic E-state index is 12.6. The number of carbonyl (C=O) groups excluding carboxylic acids is 1. The molecule has 178 valence electrons. The lowest BCUT2D eigenvalue weighted by Crippen LogP contribution is -2.19. The van der Waals surface area contributed by atoms with Crippen molar-refractivity contribution in [2.45, 2.75) is 38.7 Å². The largest absolute Gasteiger partial charge is 0.487 e. The molecule has 1 aromatic heterocycles. The summed E-state index contributed by atoms with van der Waals surface area (Å²) in [4.78, 5) is 25.9. The van der Waals surface area contributed by atoms with E-state index in [1.54, 1.807) is 11.3 Å². The summed E-state index contributed by atoms with van der Waals surface area (Å²) in [5.74, 6) is -1.30. The molecule has 0 fully saturated rings. The van der Waals surface area contributed by atoms with Crippen molar-refractivity contribution in [2.75, 3.05) is 5.32 Å². The van der Waals surface area contributed by atoms with Gasteiger partial charge < -0.3 is 15.2 Å². The van der Waals surface area contributed by atoms with Gasteiger partial charge in [-0.15, -0.1) is 11.3 Å². The summed E-state index contributed by atoms with van der Waals surface area (Å²) in [5, 5.41) is 17.2. The van der Waals surface area contributed by atoms with Gasteiger partial charge in [0.2, 0.25) is 5.91 Å². The molecule has 1 aliphatic carbocycles. The molecule has 3 aromatic carbocycles. The van der Waals surface area contributed by atoms with Crippen LogP contribution in [-0.4, -0.2) is 17.0 Å². The fourth-order valence-corrected chi connectivity index (χ4v) is 5.63. The molecular formula is C29H27NO4S. The van der Waals surface area contributed by atoms with Crippen LogP contribution in [0.4, 0.5) is 5.69 Å². The summed E-state index contributed by atoms with van der Waals surface area (Å²) in [6.07, 6.45) is 0.496. The zero-order valence-electron chi connectivity index (χ0n) is 19.7. The Kier molecular flexibility index (Phi) is 6.31. The molecule has 2 atom stereocenters. The molecule has 1 heterocycles. The lowest BCUT2D eigenvalue weighted by Gasteiger charge is -2.18. The third-order valence-corrected chi connectivity index (χ3v) is 7.62. The van der Waals surface area contributed by atoms with Crippen molar-refractivity contribution in [1.29, 1.82) is 0 Å². The summed E-state index contributed by atoms with van der Waals surface area (Å²) < 4.78 is 6.29. The minimum atomic E-state index is -0.843. The highest BCUT2D eigenvalue weighted by Crippen LogP contribution is 2.49. The van der Waals surface area contributed by atoms with Crippen LogP contribution in [0.2, 0.25) is 0 Å². The van der Waals surface area contributed by atoms with Crippen LogP contribution < -0.4 is 10.1 Å². The second-order valence-electron chi connectivity index (χ2n) is 9.24. The van der Waals surface area contributed by atoms with Gasteiger partial charge in [0.1, 0.15) is 12.4 Å². The van der Waals surface area contributed by atoms with E-state index < -0.39 is 11.9 Å². The van der Waals surface area contributed by atoms with Gasteiger partial charge in [0.25, 0.3) is 0 Å². The molecule has 0 saturated heterocycles. The van der Waals surface area contributed by atoms with Gasteiger partial charge in [-0.05, 0) is 57.5 Å². The molecule has 1 amide bonds. The third kappa shape index (κ3) is 4.54. The quantitative estimate of drug-likeness (QED) is 0.303. The van der Waals surface area contributed by atoms with E-state index in [-0.39, 0.29) is 17.7 Å². The lowest BCUT2D eigenvalue weighted by molar-refractivity contribution is -0.138. The molecule has 6 heteroatoms. The monoisotopic (exact) mass is 485 g/mol. The van der Waals surface area contributed by atoms with Crippen molar-refractivity contribution in [2.24, 2.45) is 5.92 Å². The van der Waals surface area contributed by atoms with Crippen molar-refractivity contribution in [3.05, 3.63) is 93.7 Å². The zero-order valence-corrected chi connectivity index (χ0v) is 20.5. The molecule has 5 nitrogen and oxygen atoms in total. The van der Waals surface area contributed by atoms with Crippen LogP contribution >= 0.6 is 11.3 Å². The Labute approximate surface area is 208 Å². The van der Waals surface area contributed by atoms with Gasteiger partial charge in [-0.2, -0.15) is 0 Å². The molecule has 2 N–H and O–H groups in total. The van der Waals surface area contributed by atoms with Crippen LogP contribution in [0.3, 0.4) is 0 Å². The van der Waals surface area contributed by atoms with Crippen LogP contribution in [0, 0.1) is 5.92 Å². The highest BCUT2D eigenvalue weighted by atomic mass is 32.1. The van der Waals surface area contributed by atoms with Gasteiger partial charge in [-0.3, -0.25) is 9.59 Å². The normalized spacial score (nSPS) is 16.9. The number of hydrogen-bond donors (Lipinski definition) is 2. The smallest absolute Gasteiger partial charge is 0.311 e. The number of rotatable bonds is 7. The van der Waals surface area contributed by atoms with Crippen LogP contribution in [-0.2, 0) is 16.2 Å². The Bertz CT molecular complexity index is 1390. The lowest BCUT2D eigenvalue weighted by atomic mass is 9.98. The fraction of sp³-hybridized carbons (Fsp3) is 0.241. The van der Waals surface area contributed by atoms with E-state index in [1.807, 2.05) is 67.8 Å². The van der Waals surface area contributed by atoms with Gasteiger partial charge in [0.05, 0.1) is 11.6 Å². The van der Waals surface area contributed by atoms with Crippen LogP contribution in [0.25, 0.3) is 10.8 Å². The first-order valence-corrected chi connectivity index (χ1v) is 12.6. The second kappa shape index (κ2) is 9.55. The summed E-state index contributed by atoms with van der Waals surface area (Å²) >= 11 is 1.62. The molecule has 35 heavy (non-hydrogen) atoms. The van der Waals surface area contributed by atoms with E-state index in [0.717, 1.165) is 32.3 Å². The Morgan fingerprint density at radius 1 is 1.06 bits per heavy atom. The second-order valence-corrected chi connectivity index (χ2v) is 10.2. The summed E-state index contributed by atoms with van der Waals surface area (Å²) in [6.45, 7) is 3.99. The van der Waals surface area contributed by atoms with Gasteiger partial charge in [-0.1, -0.05) is 62.4 Å². The van der Waals surface area contributed by atoms with E-state index in [2.05, 4.69) is 23.5 Å². The molecule has 2 unspecified atom stereocenters. The standard InChI is InChI=1S/C29H27NO4S/c1-17(2)28(31)30-25-14-21-22(24(29(32)33)13-23(21)27-11-6-12-35-27)15-26(25)34-16-19-9-5-8-18-7-3-4-10-20(18)19/h3-12,14-15,17,23-24H,13,16H2,1-2H3,(H,30,31)(H,32,33). The third-order valence-electron chi connectivity index (χ3n) is 6.64. The Balaban J connectivity index is 1.56. The number of amides is 1. The molecule has 1 aliphatic rings. The Morgan fingerprint density at radius 2 is 1.86 bits per heavy atom. The maximum absolute atomic E-state index is 12.6. The number of hydrogen-bond acceptors (Lipinski definition) is 4. The van der Waals surface area contributed by atoms with Crippen molar-refractivity contribution in [3.8, 4) is 5.75 Å². The number of fused-ring (bicyclic) bond motifs is 2. The van der Waals surface area contributed by atoms with Crippen LogP contribution in [0.1, 0.15) is 53.7 Å². The topological polar surface area (TPSA) is 75.6 Å². The maximum Gasteiger partial charge on any atom is 0.311 e. The highest BCUT2D eigenvalue weighted by Gasteiger charge is 2.38. The number of nitrogens with one attached hydrogen (secondary N) is 1. The van der Waals surface area contributed by atoms with E-state index >= 15 is 0 Å². The predicted octanol–water partition coefficient (Wildman–Crippen LogP) is 6.78. The average Bonchev–Trinajstić information content (AvgIpc) is 3.50. The van der Waals surface area contributed by atoms with Crippen LogP contribution in [0.15, 0.2) is 72.1 Å². The number of carbonyl (C=O) groups is 2. The van der Waals surface area contributed by atoms with Crippen molar-refractivity contribution < 1.29 is 19.4 Å². The minimum Gasteiger partial charge on any atom is -0.487 e. The summed E-state index contributed by atoms with van der Waals surface area (Å²) in [6, 6.07) is 22.0. The first kappa shape index (κ1) is 23.1. The first-order chi connectivity index (χ1) is 16.9. The Hall–Kier alpha value is -3.64. The number of benzene rings is 3. The molecule has 0 bridgehead atoms. The zero-order chi connectivity index (χ0) is 24.5. The fourth-order valence-electron chi connectivity index (χ4n) is 4.77. The number of aliphatic carboxylic acids is 1. The van der Waals surface area contributed by atoms with E-state index in [0.29, 0.717) is 24.5 Å². The predicted molar refractivity (Wildman–Crippen MR) is 139 cm³/mol. The van der Waals surface area contributed by atoms with E-state index in [4.69, 9.17) is 4.74 Å². The van der Waals surface area contributed by atoms with Crippen molar-refractivity contribution in [3.63, 3.8) is 0 Å².